The summed E-state index contributed by atoms with van der Waals surface area (Å²) in [6, 6.07) is 5.57. The molecule has 0 aliphatic heterocycles. The Hall–Kier alpha value is -2.80. The number of ketones is 2. The van der Waals surface area contributed by atoms with E-state index in [4.69, 9.17) is 4.84 Å². The zero-order valence-corrected chi connectivity index (χ0v) is 22.4. The van der Waals surface area contributed by atoms with E-state index < -0.39 is 11.5 Å². The van der Waals surface area contributed by atoms with E-state index >= 15 is 0 Å². The third kappa shape index (κ3) is 6.66. The van der Waals surface area contributed by atoms with Gasteiger partial charge in [-0.1, -0.05) is 45.2 Å². The molecule has 0 atom stereocenters. The maximum atomic E-state index is 13.6. The number of Topliss-reactive ketones (excluding diaryl/α,β-unsaturated/α-hetero) is 2. The van der Waals surface area contributed by atoms with Gasteiger partial charge < -0.3 is 9.40 Å². The molecule has 0 amide bonds. The highest BCUT2D eigenvalue weighted by Crippen LogP contribution is 2.28. The van der Waals surface area contributed by atoms with E-state index in [0.717, 1.165) is 44.3 Å². The van der Waals surface area contributed by atoms with Crippen LogP contribution in [-0.2, 0) is 16.2 Å². The van der Waals surface area contributed by atoms with Crippen LogP contribution in [0.3, 0.4) is 0 Å². The Kier molecular flexibility index (Phi) is 10.4. The van der Waals surface area contributed by atoms with E-state index in [-0.39, 0.29) is 17.3 Å². The van der Waals surface area contributed by atoms with Gasteiger partial charge in [-0.15, -0.1) is 0 Å². The average molecular weight is 484 g/mol. The molecule has 1 aromatic heterocycles. The van der Waals surface area contributed by atoms with Crippen molar-refractivity contribution in [3.63, 3.8) is 0 Å². The molecule has 2 rings (SSSR count). The lowest BCUT2D eigenvalue weighted by Crippen LogP contribution is -2.49. The molecular weight excluding hydrogens is 442 g/mol. The predicted molar refractivity (Wildman–Crippen MR) is 141 cm³/mol. The van der Waals surface area contributed by atoms with Gasteiger partial charge in [-0.25, -0.2) is 4.79 Å². The normalized spacial score (nSPS) is 12.4. The molecule has 0 spiro atoms. The number of carbonyl (C=O) groups excluding carboxylic acids is 3. The van der Waals surface area contributed by atoms with Gasteiger partial charge in [0.05, 0.1) is 5.54 Å². The van der Waals surface area contributed by atoms with Crippen LogP contribution < -0.4 is 0 Å². The monoisotopic (exact) mass is 483 g/mol. The van der Waals surface area contributed by atoms with Crippen molar-refractivity contribution in [2.45, 2.75) is 92.7 Å². The first-order valence-corrected chi connectivity index (χ1v) is 12.8. The summed E-state index contributed by atoms with van der Waals surface area (Å²) in [6.07, 6.45) is 6.14. The fourth-order valence-electron chi connectivity index (χ4n) is 4.59. The summed E-state index contributed by atoms with van der Waals surface area (Å²) in [7, 11) is 0. The Morgan fingerprint density at radius 2 is 1.71 bits per heavy atom. The van der Waals surface area contributed by atoms with Gasteiger partial charge in [-0.3, -0.25) is 14.5 Å². The number of hydrogen-bond donors (Lipinski definition) is 0. The quantitative estimate of drug-likeness (QED) is 0.108. The molecule has 0 aliphatic carbocycles. The van der Waals surface area contributed by atoms with E-state index in [1.165, 1.54) is 6.92 Å². The molecule has 0 N–H and O–H groups in total. The van der Waals surface area contributed by atoms with Gasteiger partial charge in [0.2, 0.25) is 5.78 Å². The van der Waals surface area contributed by atoms with E-state index in [1.54, 1.807) is 0 Å². The van der Waals surface area contributed by atoms with Gasteiger partial charge in [0.1, 0.15) is 5.71 Å². The third-order valence-corrected chi connectivity index (χ3v) is 6.65. The molecule has 0 radical (unpaired) electrons. The minimum Gasteiger partial charge on any atom is -0.347 e. The summed E-state index contributed by atoms with van der Waals surface area (Å²) in [5, 5.41) is 4.63. The molecule has 192 valence electrons. The summed E-state index contributed by atoms with van der Waals surface area (Å²) in [5.41, 5.74) is 1.48. The first kappa shape index (κ1) is 28.4. The first-order valence-electron chi connectivity index (χ1n) is 12.8. The van der Waals surface area contributed by atoms with Crippen LogP contribution in [0.5, 0.6) is 0 Å². The van der Waals surface area contributed by atoms with Crippen molar-refractivity contribution >= 4 is 34.2 Å². The van der Waals surface area contributed by atoms with Gasteiger partial charge in [0, 0.05) is 41.7 Å². The SMILES string of the molecule is CCCCCC/C(=N\OC(C)=O)C(=O)c1cn(CC)c2ccc(C(=O)C(C)(C)N(CC)CC)cc12. The van der Waals surface area contributed by atoms with Gasteiger partial charge in [-0.2, -0.15) is 0 Å². The molecule has 7 nitrogen and oxygen atoms in total. The van der Waals surface area contributed by atoms with Crippen LogP contribution in [0.15, 0.2) is 29.6 Å². The number of likely N-dealkylation sites (N-methyl/N-ethyl adjacent to an activating group) is 1. The Bertz CT molecular complexity index is 1080. The van der Waals surface area contributed by atoms with Gasteiger partial charge >= 0.3 is 5.97 Å². The molecule has 35 heavy (non-hydrogen) atoms. The molecule has 0 saturated carbocycles. The van der Waals surface area contributed by atoms with E-state index in [2.05, 4.69) is 17.0 Å². The number of carbonyl (C=O) groups is 3. The molecule has 2 aromatic rings. The minimum atomic E-state index is -0.671. The lowest BCUT2D eigenvalue weighted by atomic mass is 9.90. The van der Waals surface area contributed by atoms with Crippen molar-refractivity contribution in [2.24, 2.45) is 5.16 Å². The van der Waals surface area contributed by atoms with E-state index in [1.807, 2.05) is 63.6 Å². The number of hydrogen-bond acceptors (Lipinski definition) is 6. The molecule has 0 fully saturated rings. The van der Waals surface area contributed by atoms with Gasteiger partial charge in [0.25, 0.3) is 0 Å². The maximum Gasteiger partial charge on any atom is 0.331 e. The lowest BCUT2D eigenvalue weighted by molar-refractivity contribution is -0.140. The van der Waals surface area contributed by atoms with Crippen molar-refractivity contribution < 1.29 is 19.2 Å². The van der Waals surface area contributed by atoms with Crippen LogP contribution in [0.25, 0.3) is 10.9 Å². The van der Waals surface area contributed by atoms with Crippen molar-refractivity contribution in [3.05, 3.63) is 35.5 Å². The zero-order valence-electron chi connectivity index (χ0n) is 22.4. The Labute approximate surface area is 209 Å². The highest BCUT2D eigenvalue weighted by molar-refractivity contribution is 6.47. The van der Waals surface area contributed by atoms with Crippen molar-refractivity contribution in [1.82, 2.24) is 9.47 Å². The number of aromatic nitrogens is 1. The molecule has 1 heterocycles. The second kappa shape index (κ2) is 12.8. The minimum absolute atomic E-state index is 0.0131. The van der Waals surface area contributed by atoms with Crippen molar-refractivity contribution in [2.75, 3.05) is 13.1 Å². The third-order valence-electron chi connectivity index (χ3n) is 6.65. The number of fused-ring (bicyclic) bond motifs is 1. The summed E-state index contributed by atoms with van der Waals surface area (Å²) < 4.78 is 1.99. The van der Waals surface area contributed by atoms with Crippen LogP contribution in [0.4, 0.5) is 0 Å². The van der Waals surface area contributed by atoms with Gasteiger partial charge in [-0.05, 0) is 64.9 Å². The van der Waals surface area contributed by atoms with Crippen LogP contribution in [0.1, 0.15) is 101 Å². The smallest absolute Gasteiger partial charge is 0.331 e. The fraction of sp³-hybridized carbons (Fsp3) is 0.571. The van der Waals surface area contributed by atoms with Crippen molar-refractivity contribution in [3.8, 4) is 0 Å². The maximum absolute atomic E-state index is 13.6. The Morgan fingerprint density at radius 1 is 1.03 bits per heavy atom. The van der Waals surface area contributed by atoms with Crippen LogP contribution in [0.2, 0.25) is 0 Å². The summed E-state index contributed by atoms with van der Waals surface area (Å²) in [5.74, 6) is -0.821. The molecule has 0 bridgehead atoms. The summed E-state index contributed by atoms with van der Waals surface area (Å²) in [4.78, 5) is 45.5. The first-order chi connectivity index (χ1) is 16.6. The van der Waals surface area contributed by atoms with Gasteiger partial charge in [0.15, 0.2) is 5.78 Å². The topological polar surface area (TPSA) is 81.0 Å². The Morgan fingerprint density at radius 3 is 2.29 bits per heavy atom. The average Bonchev–Trinajstić information content (AvgIpc) is 3.21. The summed E-state index contributed by atoms with van der Waals surface area (Å²) in [6.45, 7) is 15.6. The predicted octanol–water partition coefficient (Wildman–Crippen LogP) is 6.04. The van der Waals surface area contributed by atoms with Crippen LogP contribution in [-0.4, -0.2) is 51.3 Å². The number of nitrogens with zero attached hydrogens (tertiary/aromatic N) is 3. The van der Waals surface area contributed by atoms with E-state index in [0.29, 0.717) is 29.5 Å². The molecule has 0 saturated heterocycles. The fourth-order valence-corrected chi connectivity index (χ4v) is 4.59. The molecule has 7 heteroatoms. The molecule has 0 aliphatic rings. The largest absolute Gasteiger partial charge is 0.347 e. The standard InChI is InChI=1S/C28H41N3O4/c1-8-12-13-14-15-24(29-35-20(5)32)26(33)23-19-30(9-2)25-17-16-21(18-22(23)25)27(34)28(6,7)31(10-3)11-4/h16-19H,8-15H2,1-7H3/b29-24+. The Balaban J connectivity index is 2.54. The molecule has 1 aromatic carbocycles. The number of unbranched alkanes of at least 4 members (excludes halogenated alkanes) is 3. The number of rotatable bonds is 14. The zero-order chi connectivity index (χ0) is 26.2. The highest BCUT2D eigenvalue weighted by Gasteiger charge is 2.34. The number of oxime groups is 1. The number of benzene rings is 1. The highest BCUT2D eigenvalue weighted by atomic mass is 16.7. The number of aryl methyl sites for hydroxylation is 1. The molecular formula is C28H41N3O4. The summed E-state index contributed by atoms with van der Waals surface area (Å²) >= 11 is 0. The second-order valence-corrected chi connectivity index (χ2v) is 9.38. The second-order valence-electron chi connectivity index (χ2n) is 9.38. The van der Waals surface area contributed by atoms with Crippen LogP contribution in [0, 0.1) is 0 Å². The van der Waals surface area contributed by atoms with E-state index in [9.17, 15) is 14.4 Å². The van der Waals surface area contributed by atoms with Crippen LogP contribution >= 0.6 is 0 Å². The lowest BCUT2D eigenvalue weighted by Gasteiger charge is -2.35. The molecule has 0 unspecified atom stereocenters. The van der Waals surface area contributed by atoms with Crippen molar-refractivity contribution in [1.29, 1.82) is 0 Å².